The van der Waals surface area contributed by atoms with Gasteiger partial charge in [0.1, 0.15) is 23.8 Å². The van der Waals surface area contributed by atoms with E-state index in [1.165, 1.54) is 38.5 Å². The minimum atomic E-state index is -3.36. The van der Waals surface area contributed by atoms with Crippen molar-refractivity contribution in [3.63, 3.8) is 0 Å². The molecule has 3 N–H and O–H groups in total. The van der Waals surface area contributed by atoms with Gasteiger partial charge >= 0.3 is 0 Å². The fraction of sp³-hybridized carbons (Fsp3) is 0.607. The molecule has 0 unspecified atom stereocenters. The molecule has 2 aliphatic carbocycles. The van der Waals surface area contributed by atoms with Gasteiger partial charge < -0.3 is 24.8 Å². The van der Waals surface area contributed by atoms with E-state index < -0.39 is 29.5 Å². The maximum Gasteiger partial charge on any atom is 0.298 e. The third-order valence-electron chi connectivity index (χ3n) is 8.77. The van der Waals surface area contributed by atoms with Crippen LogP contribution in [0.5, 0.6) is 5.75 Å². The summed E-state index contributed by atoms with van der Waals surface area (Å²) in [5.74, 6) is -4.07. The first kappa shape index (κ1) is 28.4. The Kier molecular flexibility index (Phi) is 7.60. The molecular formula is C28H35F3N4O5. The minimum Gasteiger partial charge on any atom is -0.497 e. The minimum absolute atomic E-state index is 0.128. The molecule has 12 heteroatoms. The highest BCUT2D eigenvalue weighted by Crippen LogP contribution is 2.50. The van der Waals surface area contributed by atoms with Gasteiger partial charge in [0.25, 0.3) is 11.8 Å². The van der Waals surface area contributed by atoms with Gasteiger partial charge in [0, 0.05) is 36.7 Å². The first-order valence-corrected chi connectivity index (χ1v) is 13.6. The second-order valence-corrected chi connectivity index (χ2v) is 11.3. The van der Waals surface area contributed by atoms with Gasteiger partial charge in [-0.2, -0.15) is 5.10 Å². The number of carbonyl (C=O) groups excluding carboxylic acids is 2. The van der Waals surface area contributed by atoms with Crippen molar-refractivity contribution in [1.82, 2.24) is 20.4 Å². The Balaban J connectivity index is 1.18. The number of aliphatic hydroxyl groups is 1. The molecule has 3 fully saturated rings. The predicted octanol–water partition coefficient (Wildman–Crippen LogP) is 3.68. The number of aromatic amines is 1. The fourth-order valence-electron chi connectivity index (χ4n) is 6.14. The molecule has 1 aliphatic heterocycles. The van der Waals surface area contributed by atoms with Crippen molar-refractivity contribution in [1.29, 1.82) is 0 Å². The van der Waals surface area contributed by atoms with E-state index in [0.717, 1.165) is 12.8 Å². The van der Waals surface area contributed by atoms with Crippen molar-refractivity contribution in [3.05, 3.63) is 35.8 Å². The number of nitrogens with one attached hydrogen (secondary N) is 2. The third-order valence-corrected chi connectivity index (χ3v) is 8.77. The number of hydrogen-bond acceptors (Lipinski definition) is 6. The van der Waals surface area contributed by atoms with Crippen LogP contribution >= 0.6 is 0 Å². The molecule has 1 saturated heterocycles. The van der Waals surface area contributed by atoms with Gasteiger partial charge in [-0.3, -0.25) is 14.7 Å². The van der Waals surface area contributed by atoms with Crippen molar-refractivity contribution in [3.8, 4) is 17.0 Å². The summed E-state index contributed by atoms with van der Waals surface area (Å²) < 4.78 is 52.8. The summed E-state index contributed by atoms with van der Waals surface area (Å²) >= 11 is 0. The number of amides is 2. The first-order valence-electron chi connectivity index (χ1n) is 13.6. The lowest BCUT2D eigenvalue weighted by Gasteiger charge is -2.42. The summed E-state index contributed by atoms with van der Waals surface area (Å²) in [6, 6.07) is 5.56. The number of hydrogen-bond donors (Lipinski definition) is 3. The van der Waals surface area contributed by atoms with Gasteiger partial charge in [-0.15, -0.1) is 0 Å². The Morgan fingerprint density at radius 1 is 1.18 bits per heavy atom. The van der Waals surface area contributed by atoms with Crippen LogP contribution < -0.4 is 10.1 Å². The summed E-state index contributed by atoms with van der Waals surface area (Å²) in [6.07, 6.45) is 2.76. The number of rotatable bonds is 8. The zero-order valence-electron chi connectivity index (χ0n) is 22.6. The normalized spacial score (nSPS) is 26.0. The van der Waals surface area contributed by atoms with Crippen molar-refractivity contribution in [2.45, 2.75) is 74.5 Å². The Bertz CT molecular complexity index is 1260. The maximum absolute atomic E-state index is 14.4. The number of methoxy groups -OCH3 is 2. The summed E-state index contributed by atoms with van der Waals surface area (Å²) in [5, 5.41) is 20.4. The molecule has 5 rings (SSSR count). The van der Waals surface area contributed by atoms with Crippen LogP contribution in [0.4, 0.5) is 13.2 Å². The van der Waals surface area contributed by atoms with Gasteiger partial charge in [-0.1, -0.05) is 0 Å². The lowest BCUT2D eigenvalue weighted by Crippen LogP contribution is -2.56. The van der Waals surface area contributed by atoms with Crippen LogP contribution in [0, 0.1) is 11.7 Å². The molecule has 1 spiro atoms. The standard InChI is InChI=1S/C28H35F3N4O5/c1-39-16-28(30,31)27(38)8-5-18(6-9-27)32-24(36)17-7-12-35(26(15-17)10-11-26)25(37)23-14-22(33-34-23)20-13-19(40-2)3-4-21(20)29/h3-4,13-14,17-18,38H,5-12,15-16H2,1-2H3,(H,32,36)(H,33,34)/t17-,18-,27+/m1/s1. The van der Waals surface area contributed by atoms with Gasteiger partial charge in [-0.25, -0.2) is 13.2 Å². The molecule has 1 aromatic heterocycles. The zero-order chi connectivity index (χ0) is 28.7. The molecule has 3 aliphatic rings. The highest BCUT2D eigenvalue weighted by molar-refractivity contribution is 5.94. The van der Waals surface area contributed by atoms with Gasteiger partial charge in [-0.05, 0) is 75.6 Å². The monoisotopic (exact) mass is 564 g/mol. The molecule has 0 radical (unpaired) electrons. The van der Waals surface area contributed by atoms with Crippen LogP contribution in [0.1, 0.15) is 61.9 Å². The number of piperidine rings is 1. The Morgan fingerprint density at radius 2 is 1.90 bits per heavy atom. The molecule has 2 aromatic rings. The summed E-state index contributed by atoms with van der Waals surface area (Å²) in [5.41, 5.74) is -1.79. The number of halogens is 3. The smallest absolute Gasteiger partial charge is 0.298 e. The molecule has 2 saturated carbocycles. The van der Waals surface area contributed by atoms with Gasteiger partial charge in [0.15, 0.2) is 5.69 Å². The average molecular weight is 565 g/mol. The largest absolute Gasteiger partial charge is 0.497 e. The second-order valence-electron chi connectivity index (χ2n) is 11.3. The number of carbonyl (C=O) groups is 2. The van der Waals surface area contributed by atoms with Crippen LogP contribution in [-0.4, -0.2) is 82.5 Å². The van der Waals surface area contributed by atoms with Crippen molar-refractivity contribution < 1.29 is 37.3 Å². The van der Waals surface area contributed by atoms with E-state index >= 15 is 0 Å². The molecule has 218 valence electrons. The summed E-state index contributed by atoms with van der Waals surface area (Å²) in [7, 11) is 2.66. The van der Waals surface area contributed by atoms with E-state index in [9.17, 15) is 27.9 Å². The number of likely N-dealkylation sites (tertiary alicyclic amines) is 1. The Labute approximate surface area is 230 Å². The first-order chi connectivity index (χ1) is 19.0. The quantitative estimate of drug-likeness (QED) is 0.451. The summed E-state index contributed by atoms with van der Waals surface area (Å²) in [4.78, 5) is 28.3. The van der Waals surface area contributed by atoms with E-state index in [-0.39, 0.29) is 60.7 Å². The molecule has 1 atom stereocenters. The van der Waals surface area contributed by atoms with Crippen molar-refractivity contribution >= 4 is 11.8 Å². The molecule has 2 amide bonds. The van der Waals surface area contributed by atoms with E-state index in [0.29, 0.717) is 30.8 Å². The van der Waals surface area contributed by atoms with Crippen LogP contribution in [0.2, 0.25) is 0 Å². The van der Waals surface area contributed by atoms with Crippen LogP contribution in [0.15, 0.2) is 24.3 Å². The molecular weight excluding hydrogens is 529 g/mol. The Hall–Kier alpha value is -3.12. The van der Waals surface area contributed by atoms with Crippen molar-refractivity contribution in [2.75, 3.05) is 27.4 Å². The topological polar surface area (TPSA) is 117 Å². The number of H-pyrrole nitrogens is 1. The molecule has 0 bridgehead atoms. The van der Waals surface area contributed by atoms with Crippen LogP contribution in [0.25, 0.3) is 11.3 Å². The maximum atomic E-state index is 14.4. The lowest BCUT2D eigenvalue weighted by molar-refractivity contribution is -0.218. The lowest BCUT2D eigenvalue weighted by atomic mass is 9.78. The van der Waals surface area contributed by atoms with Crippen molar-refractivity contribution in [2.24, 2.45) is 5.92 Å². The average Bonchev–Trinajstić information content (AvgIpc) is 3.50. The van der Waals surface area contributed by atoms with Gasteiger partial charge in [0.05, 0.1) is 12.8 Å². The predicted molar refractivity (Wildman–Crippen MR) is 138 cm³/mol. The SMILES string of the molecule is COCC(F)(F)[C@]1(O)CC[C@@H](NC(=O)[C@@H]2CCN(C(=O)c3cc(-c4cc(OC)ccc4F)[nH]n3)C3(CC3)C2)CC1. The van der Waals surface area contributed by atoms with E-state index in [1.807, 2.05) is 0 Å². The van der Waals surface area contributed by atoms with E-state index in [4.69, 9.17) is 4.74 Å². The molecule has 1 aromatic carbocycles. The molecule has 2 heterocycles. The number of ether oxygens (including phenoxy) is 2. The number of aromatic nitrogens is 2. The van der Waals surface area contributed by atoms with Crippen LogP contribution in [-0.2, 0) is 9.53 Å². The van der Waals surface area contributed by atoms with Crippen LogP contribution in [0.3, 0.4) is 0 Å². The fourth-order valence-corrected chi connectivity index (χ4v) is 6.14. The second kappa shape index (κ2) is 10.7. The summed E-state index contributed by atoms with van der Waals surface area (Å²) in [6.45, 7) is -0.475. The third kappa shape index (κ3) is 5.30. The molecule has 9 nitrogen and oxygen atoms in total. The van der Waals surface area contributed by atoms with E-state index in [2.05, 4.69) is 20.3 Å². The highest BCUT2D eigenvalue weighted by atomic mass is 19.3. The zero-order valence-corrected chi connectivity index (χ0v) is 22.6. The van der Waals surface area contributed by atoms with E-state index in [1.54, 1.807) is 4.90 Å². The van der Waals surface area contributed by atoms with Gasteiger partial charge in [0.2, 0.25) is 5.91 Å². The molecule has 40 heavy (non-hydrogen) atoms. The Morgan fingerprint density at radius 3 is 2.55 bits per heavy atom. The number of alkyl halides is 2. The highest BCUT2D eigenvalue weighted by Gasteiger charge is 2.56. The number of benzene rings is 1. The number of nitrogens with zero attached hydrogens (tertiary/aromatic N) is 2.